The van der Waals surface area contributed by atoms with Crippen LogP contribution in [-0.2, 0) is 18.2 Å². The molecule has 1 aromatic heterocycles. The molecule has 0 saturated carbocycles. The lowest BCUT2D eigenvalue weighted by atomic mass is 10.0. The van der Waals surface area contributed by atoms with E-state index in [-0.39, 0.29) is 0 Å². The summed E-state index contributed by atoms with van der Waals surface area (Å²) >= 11 is 0. The largest absolute Gasteiger partial charge is 0.383 e. The molecule has 0 amide bonds. The number of methoxy groups -OCH3 is 1. The van der Waals surface area contributed by atoms with Crippen LogP contribution in [0, 0.1) is 13.8 Å². The molecule has 1 N–H and O–H groups in total. The first-order valence-corrected chi connectivity index (χ1v) is 6.73. The van der Waals surface area contributed by atoms with Crippen LogP contribution >= 0.6 is 0 Å². The van der Waals surface area contributed by atoms with Crippen molar-refractivity contribution in [2.45, 2.75) is 52.6 Å². The van der Waals surface area contributed by atoms with Crippen molar-refractivity contribution in [3.8, 4) is 0 Å². The average molecular weight is 253 g/mol. The fourth-order valence-corrected chi connectivity index (χ4v) is 2.37. The lowest BCUT2D eigenvalue weighted by Gasteiger charge is -2.21. The topological polar surface area (TPSA) is 39.1 Å². The van der Waals surface area contributed by atoms with Gasteiger partial charge in [0.05, 0.1) is 12.3 Å². The Labute approximate surface area is 111 Å². The Morgan fingerprint density at radius 2 is 2.06 bits per heavy atom. The maximum absolute atomic E-state index is 5.22. The van der Waals surface area contributed by atoms with Crippen LogP contribution in [0.4, 0.5) is 0 Å². The molecule has 1 aromatic rings. The van der Waals surface area contributed by atoms with Gasteiger partial charge in [-0.1, -0.05) is 6.92 Å². The molecule has 2 atom stereocenters. The van der Waals surface area contributed by atoms with E-state index < -0.39 is 0 Å². The van der Waals surface area contributed by atoms with E-state index in [9.17, 15) is 0 Å². The Bertz CT molecular complexity index is 373. The number of nitrogens with one attached hydrogen (secondary N) is 1. The molecular formula is C14H27N3O. The summed E-state index contributed by atoms with van der Waals surface area (Å²) in [6.45, 7) is 9.40. The minimum atomic E-state index is 0.433. The third-order valence-corrected chi connectivity index (χ3v) is 3.55. The average Bonchev–Trinajstić information content (AvgIpc) is 2.55. The van der Waals surface area contributed by atoms with E-state index in [1.807, 2.05) is 11.7 Å². The SMILES string of the molecule is CC[C@H](COC)N[C@H](C)Cc1c(C)nn(C)c1C. The number of aryl methyl sites for hydroxylation is 2. The van der Waals surface area contributed by atoms with Crippen LogP contribution in [0.3, 0.4) is 0 Å². The van der Waals surface area contributed by atoms with Crippen molar-refractivity contribution in [1.29, 1.82) is 0 Å². The highest BCUT2D eigenvalue weighted by atomic mass is 16.5. The van der Waals surface area contributed by atoms with E-state index in [4.69, 9.17) is 4.74 Å². The third kappa shape index (κ3) is 3.82. The van der Waals surface area contributed by atoms with Gasteiger partial charge in [0.2, 0.25) is 0 Å². The van der Waals surface area contributed by atoms with Crippen LogP contribution < -0.4 is 5.32 Å². The van der Waals surface area contributed by atoms with Crippen molar-refractivity contribution in [2.75, 3.05) is 13.7 Å². The van der Waals surface area contributed by atoms with Crippen molar-refractivity contribution < 1.29 is 4.74 Å². The van der Waals surface area contributed by atoms with Crippen LogP contribution in [0.1, 0.15) is 37.2 Å². The van der Waals surface area contributed by atoms with E-state index in [1.165, 1.54) is 11.3 Å². The fourth-order valence-electron chi connectivity index (χ4n) is 2.37. The molecule has 4 heteroatoms. The summed E-state index contributed by atoms with van der Waals surface area (Å²) in [5, 5.41) is 8.08. The summed E-state index contributed by atoms with van der Waals surface area (Å²) in [5.41, 5.74) is 3.77. The molecule has 0 saturated heterocycles. The number of nitrogens with zero attached hydrogens (tertiary/aromatic N) is 2. The Hall–Kier alpha value is -0.870. The highest BCUT2D eigenvalue weighted by molar-refractivity contribution is 5.25. The normalized spacial score (nSPS) is 14.8. The molecule has 1 heterocycles. The monoisotopic (exact) mass is 253 g/mol. The predicted octanol–water partition coefficient (Wildman–Crippen LogP) is 1.98. The number of ether oxygens (including phenoxy) is 1. The van der Waals surface area contributed by atoms with Gasteiger partial charge in [-0.25, -0.2) is 0 Å². The van der Waals surface area contributed by atoms with Crippen molar-refractivity contribution in [3.63, 3.8) is 0 Å². The van der Waals surface area contributed by atoms with Crippen LogP contribution in [-0.4, -0.2) is 35.6 Å². The van der Waals surface area contributed by atoms with Gasteiger partial charge in [-0.15, -0.1) is 0 Å². The number of hydrogen-bond donors (Lipinski definition) is 1. The molecule has 0 aromatic carbocycles. The summed E-state index contributed by atoms with van der Waals surface area (Å²) in [4.78, 5) is 0. The van der Waals surface area contributed by atoms with Gasteiger partial charge in [-0.2, -0.15) is 5.10 Å². The Balaban J connectivity index is 2.61. The molecular weight excluding hydrogens is 226 g/mol. The van der Waals surface area contributed by atoms with E-state index in [1.54, 1.807) is 7.11 Å². The first kappa shape index (κ1) is 15.2. The molecule has 0 aliphatic carbocycles. The van der Waals surface area contributed by atoms with Crippen LogP contribution in [0.25, 0.3) is 0 Å². The molecule has 0 bridgehead atoms. The molecule has 0 fully saturated rings. The standard InChI is InChI=1S/C14H27N3O/c1-7-13(9-18-6)15-10(2)8-14-11(3)16-17(5)12(14)4/h10,13,15H,7-9H2,1-6H3/t10-,13-/m1/s1. The van der Waals surface area contributed by atoms with Crippen LogP contribution in [0.15, 0.2) is 0 Å². The minimum Gasteiger partial charge on any atom is -0.383 e. The predicted molar refractivity (Wildman–Crippen MR) is 74.9 cm³/mol. The van der Waals surface area contributed by atoms with Crippen molar-refractivity contribution >= 4 is 0 Å². The molecule has 18 heavy (non-hydrogen) atoms. The summed E-state index contributed by atoms with van der Waals surface area (Å²) in [7, 11) is 3.76. The van der Waals surface area contributed by atoms with Gasteiger partial charge in [-0.05, 0) is 39.2 Å². The maximum Gasteiger partial charge on any atom is 0.0628 e. The van der Waals surface area contributed by atoms with E-state index >= 15 is 0 Å². The number of rotatable bonds is 7. The van der Waals surface area contributed by atoms with Gasteiger partial charge in [0, 0.05) is 31.9 Å². The maximum atomic E-state index is 5.22. The number of aromatic nitrogens is 2. The Morgan fingerprint density at radius 3 is 2.50 bits per heavy atom. The molecule has 4 nitrogen and oxygen atoms in total. The highest BCUT2D eigenvalue weighted by Gasteiger charge is 2.15. The molecule has 104 valence electrons. The first-order chi connectivity index (χ1) is 8.49. The second-order valence-electron chi connectivity index (χ2n) is 5.11. The van der Waals surface area contributed by atoms with Crippen molar-refractivity contribution in [1.82, 2.24) is 15.1 Å². The molecule has 0 aliphatic rings. The molecule has 0 radical (unpaired) electrons. The molecule has 1 rings (SSSR count). The zero-order valence-electron chi connectivity index (χ0n) is 12.6. The van der Waals surface area contributed by atoms with Crippen LogP contribution in [0.2, 0.25) is 0 Å². The Morgan fingerprint density at radius 1 is 1.39 bits per heavy atom. The zero-order valence-corrected chi connectivity index (χ0v) is 12.6. The summed E-state index contributed by atoms with van der Waals surface area (Å²) in [6, 6.07) is 0.869. The third-order valence-electron chi connectivity index (χ3n) is 3.55. The second-order valence-corrected chi connectivity index (χ2v) is 5.11. The lowest BCUT2D eigenvalue weighted by molar-refractivity contribution is 0.159. The van der Waals surface area contributed by atoms with Gasteiger partial charge >= 0.3 is 0 Å². The summed E-state index contributed by atoms with van der Waals surface area (Å²) < 4.78 is 7.18. The zero-order chi connectivity index (χ0) is 13.7. The van der Waals surface area contributed by atoms with Gasteiger partial charge in [-0.3, -0.25) is 4.68 Å². The lowest BCUT2D eigenvalue weighted by Crippen LogP contribution is -2.40. The molecule has 0 aliphatic heterocycles. The van der Waals surface area contributed by atoms with Crippen LogP contribution in [0.5, 0.6) is 0 Å². The van der Waals surface area contributed by atoms with E-state index in [0.29, 0.717) is 12.1 Å². The second kappa shape index (κ2) is 6.90. The van der Waals surface area contributed by atoms with Gasteiger partial charge in [0.15, 0.2) is 0 Å². The quantitative estimate of drug-likeness (QED) is 0.807. The summed E-state index contributed by atoms with van der Waals surface area (Å²) in [5.74, 6) is 0. The van der Waals surface area contributed by atoms with E-state index in [0.717, 1.165) is 25.1 Å². The molecule has 0 spiro atoms. The first-order valence-electron chi connectivity index (χ1n) is 6.73. The highest BCUT2D eigenvalue weighted by Crippen LogP contribution is 2.14. The van der Waals surface area contributed by atoms with Gasteiger partial charge in [0.25, 0.3) is 0 Å². The fraction of sp³-hybridized carbons (Fsp3) is 0.786. The van der Waals surface area contributed by atoms with Gasteiger partial charge < -0.3 is 10.1 Å². The summed E-state index contributed by atoms with van der Waals surface area (Å²) in [6.07, 6.45) is 2.11. The minimum absolute atomic E-state index is 0.433. The van der Waals surface area contributed by atoms with Crippen molar-refractivity contribution in [2.24, 2.45) is 7.05 Å². The number of hydrogen-bond acceptors (Lipinski definition) is 3. The Kier molecular flexibility index (Phi) is 5.82. The van der Waals surface area contributed by atoms with E-state index in [2.05, 4.69) is 38.1 Å². The smallest absolute Gasteiger partial charge is 0.0628 e. The van der Waals surface area contributed by atoms with Crippen molar-refractivity contribution in [3.05, 3.63) is 17.0 Å². The molecule has 0 unspecified atom stereocenters. The van der Waals surface area contributed by atoms with Gasteiger partial charge in [0.1, 0.15) is 0 Å².